The lowest BCUT2D eigenvalue weighted by atomic mass is 9.88. The van der Waals surface area contributed by atoms with Gasteiger partial charge in [-0.25, -0.2) is 8.42 Å². The summed E-state index contributed by atoms with van der Waals surface area (Å²) in [5.41, 5.74) is 3.86. The van der Waals surface area contributed by atoms with Crippen molar-refractivity contribution in [3.8, 4) is 5.75 Å². The van der Waals surface area contributed by atoms with Gasteiger partial charge in [-0.2, -0.15) is 0 Å². The molecule has 0 bridgehead atoms. The molecule has 9 heteroatoms. The third-order valence-electron chi connectivity index (χ3n) is 6.79. The van der Waals surface area contributed by atoms with Crippen molar-refractivity contribution in [3.05, 3.63) is 45.3 Å². The Kier molecular flexibility index (Phi) is 7.54. The molecular formula is C25H34N2O5S2. The summed E-state index contributed by atoms with van der Waals surface area (Å²) in [5, 5.41) is 17.5. The number of aliphatic hydroxyl groups is 1. The van der Waals surface area contributed by atoms with Crippen molar-refractivity contribution in [2.45, 2.75) is 58.6 Å². The summed E-state index contributed by atoms with van der Waals surface area (Å²) in [6.45, 7) is 6.62. The van der Waals surface area contributed by atoms with Crippen LogP contribution >= 0.6 is 11.3 Å². The van der Waals surface area contributed by atoms with Gasteiger partial charge in [-0.15, -0.1) is 11.3 Å². The van der Waals surface area contributed by atoms with E-state index in [4.69, 9.17) is 4.74 Å². The summed E-state index contributed by atoms with van der Waals surface area (Å²) in [6, 6.07) is 5.50. The fourth-order valence-corrected chi connectivity index (χ4v) is 7.71. The van der Waals surface area contributed by atoms with Crippen molar-refractivity contribution in [1.29, 1.82) is 0 Å². The average molecular weight is 507 g/mol. The monoisotopic (exact) mass is 506 g/mol. The van der Waals surface area contributed by atoms with Gasteiger partial charge in [0.05, 0.1) is 17.1 Å². The minimum atomic E-state index is -3.08. The van der Waals surface area contributed by atoms with Gasteiger partial charge in [-0.3, -0.25) is 4.79 Å². The van der Waals surface area contributed by atoms with E-state index >= 15 is 0 Å². The lowest BCUT2D eigenvalue weighted by Gasteiger charge is -2.19. The second-order valence-corrected chi connectivity index (χ2v) is 13.0. The number of anilines is 1. The van der Waals surface area contributed by atoms with E-state index in [0.29, 0.717) is 17.9 Å². The van der Waals surface area contributed by atoms with Gasteiger partial charge in [0.25, 0.3) is 5.91 Å². The molecule has 186 valence electrons. The SMILES string of the molecule is Cc1cccc(OCC(O)CNc2sc3c(c2C(=O)NC2CCS(=O)(=O)C2)CCC(C)C3)c1C. The molecule has 2 aliphatic rings. The Morgan fingerprint density at radius 2 is 2.09 bits per heavy atom. The number of aliphatic hydroxyl groups excluding tert-OH is 1. The Bertz CT molecular complexity index is 1160. The Morgan fingerprint density at radius 1 is 1.29 bits per heavy atom. The van der Waals surface area contributed by atoms with E-state index in [0.717, 1.165) is 46.7 Å². The maximum Gasteiger partial charge on any atom is 0.254 e. The van der Waals surface area contributed by atoms with Crippen LogP contribution in [0.5, 0.6) is 5.75 Å². The summed E-state index contributed by atoms with van der Waals surface area (Å²) in [4.78, 5) is 14.4. The van der Waals surface area contributed by atoms with Crippen LogP contribution in [0.25, 0.3) is 0 Å². The molecule has 1 aliphatic heterocycles. The Labute approximate surface area is 205 Å². The number of hydrogen-bond donors (Lipinski definition) is 3. The summed E-state index contributed by atoms with van der Waals surface area (Å²) in [6.07, 6.45) is 2.48. The molecule has 2 heterocycles. The predicted octanol–water partition coefficient (Wildman–Crippen LogP) is 3.26. The number of nitrogens with one attached hydrogen (secondary N) is 2. The third-order valence-corrected chi connectivity index (χ3v) is 9.77. The third kappa shape index (κ3) is 5.75. The molecule has 3 N–H and O–H groups in total. The second-order valence-electron chi connectivity index (χ2n) is 9.67. The van der Waals surface area contributed by atoms with Gasteiger partial charge in [0, 0.05) is 17.5 Å². The van der Waals surface area contributed by atoms with E-state index in [1.165, 1.54) is 4.88 Å². The molecule has 34 heavy (non-hydrogen) atoms. The standard InChI is InChI=1S/C25H34N2O5S2/c1-15-7-8-20-22(11-15)33-25(23(20)24(29)27-18-9-10-34(30,31)14-18)26-12-19(28)13-32-21-6-4-5-16(2)17(21)3/h4-6,15,18-19,26,28H,7-14H2,1-3H3,(H,27,29). The van der Waals surface area contributed by atoms with Gasteiger partial charge in [-0.05, 0) is 68.2 Å². The fraction of sp³-hybridized carbons (Fsp3) is 0.560. The summed E-state index contributed by atoms with van der Waals surface area (Å²) in [7, 11) is -3.08. The highest BCUT2D eigenvalue weighted by Gasteiger charge is 2.32. The number of sulfone groups is 1. The molecule has 1 aromatic carbocycles. The van der Waals surface area contributed by atoms with E-state index in [2.05, 4.69) is 17.6 Å². The Balaban J connectivity index is 1.44. The zero-order valence-electron chi connectivity index (χ0n) is 20.0. The Hall–Kier alpha value is -2.10. The first-order chi connectivity index (χ1) is 16.1. The molecule has 1 amide bonds. The number of aryl methyl sites for hydroxylation is 1. The van der Waals surface area contributed by atoms with Crippen LogP contribution in [0.2, 0.25) is 0 Å². The smallest absolute Gasteiger partial charge is 0.254 e. The number of fused-ring (bicyclic) bond motifs is 1. The highest BCUT2D eigenvalue weighted by Crippen LogP contribution is 2.39. The molecule has 0 spiro atoms. The predicted molar refractivity (Wildman–Crippen MR) is 136 cm³/mol. The molecule has 3 atom stereocenters. The second kappa shape index (κ2) is 10.3. The van der Waals surface area contributed by atoms with Crippen LogP contribution in [0, 0.1) is 19.8 Å². The minimum Gasteiger partial charge on any atom is -0.491 e. The van der Waals surface area contributed by atoms with E-state index in [9.17, 15) is 18.3 Å². The lowest BCUT2D eigenvalue weighted by molar-refractivity contribution is 0.0940. The van der Waals surface area contributed by atoms with Crippen molar-refractivity contribution in [3.63, 3.8) is 0 Å². The topological polar surface area (TPSA) is 105 Å². The number of rotatable bonds is 8. The van der Waals surface area contributed by atoms with E-state index in [1.54, 1.807) is 11.3 Å². The Morgan fingerprint density at radius 3 is 2.82 bits per heavy atom. The molecular weight excluding hydrogens is 472 g/mol. The average Bonchev–Trinajstić information content (AvgIpc) is 3.31. The van der Waals surface area contributed by atoms with Gasteiger partial charge >= 0.3 is 0 Å². The molecule has 4 rings (SSSR count). The molecule has 1 saturated heterocycles. The van der Waals surface area contributed by atoms with E-state index in [-0.39, 0.29) is 36.6 Å². The van der Waals surface area contributed by atoms with Gasteiger partial charge in [-0.1, -0.05) is 19.1 Å². The number of ether oxygens (including phenoxy) is 1. The summed E-state index contributed by atoms with van der Waals surface area (Å²) in [5.74, 6) is 1.21. The van der Waals surface area contributed by atoms with Gasteiger partial charge in [0.2, 0.25) is 0 Å². The fourth-order valence-electron chi connectivity index (χ4n) is 4.62. The largest absolute Gasteiger partial charge is 0.491 e. The molecule has 0 saturated carbocycles. The van der Waals surface area contributed by atoms with Crippen LogP contribution in [0.1, 0.15) is 51.7 Å². The maximum absolute atomic E-state index is 13.2. The zero-order valence-corrected chi connectivity index (χ0v) is 21.7. The molecule has 1 aliphatic carbocycles. The first kappa shape index (κ1) is 25.0. The number of hydrogen-bond acceptors (Lipinski definition) is 7. The van der Waals surface area contributed by atoms with Crippen LogP contribution in [-0.2, 0) is 22.7 Å². The summed E-state index contributed by atoms with van der Waals surface area (Å²) >= 11 is 1.57. The molecule has 7 nitrogen and oxygen atoms in total. The quantitative estimate of drug-likeness (QED) is 0.508. The highest BCUT2D eigenvalue weighted by atomic mass is 32.2. The number of benzene rings is 1. The summed E-state index contributed by atoms with van der Waals surface area (Å²) < 4.78 is 29.5. The van der Waals surface area contributed by atoms with Crippen molar-refractivity contribution in [2.24, 2.45) is 5.92 Å². The molecule has 1 aromatic heterocycles. The van der Waals surface area contributed by atoms with Crippen LogP contribution in [-0.4, -0.2) is 56.2 Å². The molecule has 1 fully saturated rings. The van der Waals surface area contributed by atoms with Crippen LogP contribution < -0.4 is 15.4 Å². The van der Waals surface area contributed by atoms with Crippen molar-refractivity contribution in [1.82, 2.24) is 5.32 Å². The molecule has 0 radical (unpaired) electrons. The highest BCUT2D eigenvalue weighted by molar-refractivity contribution is 7.91. The molecule has 3 unspecified atom stereocenters. The van der Waals surface area contributed by atoms with Crippen LogP contribution in [0.15, 0.2) is 18.2 Å². The number of amides is 1. The van der Waals surface area contributed by atoms with Crippen molar-refractivity contribution < 1.29 is 23.1 Å². The zero-order chi connectivity index (χ0) is 24.5. The van der Waals surface area contributed by atoms with Gasteiger partial charge in [0.15, 0.2) is 9.84 Å². The maximum atomic E-state index is 13.2. The minimum absolute atomic E-state index is 0.000701. The van der Waals surface area contributed by atoms with E-state index < -0.39 is 15.9 Å². The number of carbonyl (C=O) groups excluding carboxylic acids is 1. The van der Waals surface area contributed by atoms with Crippen molar-refractivity contribution >= 4 is 32.1 Å². The van der Waals surface area contributed by atoms with Gasteiger partial charge in [0.1, 0.15) is 23.5 Å². The normalized spacial score (nSPS) is 22.1. The van der Waals surface area contributed by atoms with Crippen LogP contribution in [0.3, 0.4) is 0 Å². The first-order valence-corrected chi connectivity index (χ1v) is 14.5. The van der Waals surface area contributed by atoms with Gasteiger partial charge < -0.3 is 20.5 Å². The molecule has 2 aromatic rings. The van der Waals surface area contributed by atoms with Crippen LogP contribution in [0.4, 0.5) is 5.00 Å². The first-order valence-electron chi connectivity index (χ1n) is 11.9. The van der Waals surface area contributed by atoms with Crippen molar-refractivity contribution in [2.75, 3.05) is 30.0 Å². The number of thiophene rings is 1. The number of carbonyl (C=O) groups is 1. The van der Waals surface area contributed by atoms with E-state index in [1.807, 2.05) is 32.0 Å². The lowest BCUT2D eigenvalue weighted by Crippen LogP contribution is -2.36.